The van der Waals surface area contributed by atoms with Gasteiger partial charge in [-0.05, 0) is 49.7 Å². The molecule has 2 rings (SSSR count). The maximum atomic E-state index is 11.2. The number of rotatable bonds is 6. The summed E-state index contributed by atoms with van der Waals surface area (Å²) in [6, 6.07) is 10.6. The number of hydrogen-bond donors (Lipinski definition) is 2. The van der Waals surface area contributed by atoms with Gasteiger partial charge in [-0.3, -0.25) is 0 Å². The van der Waals surface area contributed by atoms with Gasteiger partial charge in [-0.15, -0.1) is 0 Å². The lowest BCUT2D eigenvalue weighted by Crippen LogP contribution is -2.07. The Hall–Kier alpha value is -2.20. The molecule has 0 aromatic heterocycles. The standard InChI is InChI=1S/C17H18ClNO3/c1-3-22-16-8-7-13(18)9-12(16)10-19-15-6-4-5-14(11(15)2)17(20)21/h4-9,19H,3,10H2,1-2H3,(H,20,21). The zero-order chi connectivity index (χ0) is 16.1. The second-order valence-electron chi connectivity index (χ2n) is 4.82. The summed E-state index contributed by atoms with van der Waals surface area (Å²) in [5.41, 5.74) is 2.70. The van der Waals surface area contributed by atoms with E-state index in [4.69, 9.17) is 21.4 Å². The second kappa shape index (κ2) is 7.18. The van der Waals surface area contributed by atoms with E-state index in [0.717, 1.165) is 17.0 Å². The molecule has 0 aliphatic heterocycles. The lowest BCUT2D eigenvalue weighted by Gasteiger charge is -2.14. The van der Waals surface area contributed by atoms with Crippen LogP contribution in [-0.2, 0) is 6.54 Å². The molecule has 0 aliphatic carbocycles. The fraction of sp³-hybridized carbons (Fsp3) is 0.235. The number of carbonyl (C=O) groups is 1. The van der Waals surface area contributed by atoms with E-state index in [2.05, 4.69) is 5.32 Å². The highest BCUT2D eigenvalue weighted by Gasteiger charge is 2.11. The molecule has 4 nitrogen and oxygen atoms in total. The Morgan fingerprint density at radius 2 is 2.09 bits per heavy atom. The van der Waals surface area contributed by atoms with Gasteiger partial charge in [-0.25, -0.2) is 4.79 Å². The molecule has 0 saturated carbocycles. The number of aromatic carboxylic acids is 1. The van der Waals surface area contributed by atoms with E-state index in [0.29, 0.717) is 29.3 Å². The van der Waals surface area contributed by atoms with E-state index in [9.17, 15) is 4.79 Å². The first-order valence-corrected chi connectivity index (χ1v) is 7.38. The fourth-order valence-corrected chi connectivity index (χ4v) is 2.43. The van der Waals surface area contributed by atoms with Gasteiger partial charge in [0.05, 0.1) is 12.2 Å². The minimum atomic E-state index is -0.932. The summed E-state index contributed by atoms with van der Waals surface area (Å²) >= 11 is 6.04. The molecule has 0 amide bonds. The Kier molecular flexibility index (Phi) is 5.28. The van der Waals surface area contributed by atoms with E-state index in [1.807, 2.05) is 25.1 Å². The van der Waals surface area contributed by atoms with Crippen molar-refractivity contribution in [2.45, 2.75) is 20.4 Å². The van der Waals surface area contributed by atoms with Crippen molar-refractivity contribution in [1.82, 2.24) is 0 Å². The number of hydrogen-bond acceptors (Lipinski definition) is 3. The van der Waals surface area contributed by atoms with Crippen LogP contribution in [0.1, 0.15) is 28.4 Å². The number of halogens is 1. The van der Waals surface area contributed by atoms with Crippen LogP contribution in [0.5, 0.6) is 5.75 Å². The fourth-order valence-electron chi connectivity index (χ4n) is 2.23. The van der Waals surface area contributed by atoms with Crippen LogP contribution in [0.25, 0.3) is 0 Å². The SMILES string of the molecule is CCOc1ccc(Cl)cc1CNc1cccc(C(=O)O)c1C. The molecule has 116 valence electrons. The molecule has 0 saturated heterocycles. The number of benzene rings is 2. The molecule has 22 heavy (non-hydrogen) atoms. The molecule has 0 atom stereocenters. The van der Waals surface area contributed by atoms with Crippen molar-refractivity contribution in [3.05, 3.63) is 58.1 Å². The van der Waals surface area contributed by atoms with Crippen molar-refractivity contribution in [1.29, 1.82) is 0 Å². The third-order valence-electron chi connectivity index (χ3n) is 3.36. The van der Waals surface area contributed by atoms with E-state index < -0.39 is 5.97 Å². The number of ether oxygens (including phenoxy) is 1. The summed E-state index contributed by atoms with van der Waals surface area (Å²) < 4.78 is 5.58. The molecule has 0 unspecified atom stereocenters. The van der Waals surface area contributed by atoms with E-state index >= 15 is 0 Å². The van der Waals surface area contributed by atoms with Gasteiger partial charge in [-0.2, -0.15) is 0 Å². The summed E-state index contributed by atoms with van der Waals surface area (Å²) in [7, 11) is 0. The lowest BCUT2D eigenvalue weighted by atomic mass is 10.1. The van der Waals surface area contributed by atoms with Crippen molar-refractivity contribution in [3.63, 3.8) is 0 Å². The first kappa shape index (κ1) is 16.2. The molecule has 0 fully saturated rings. The Balaban J connectivity index is 2.22. The number of nitrogens with one attached hydrogen (secondary N) is 1. The van der Waals surface area contributed by atoms with Crippen molar-refractivity contribution in [3.8, 4) is 5.75 Å². The Morgan fingerprint density at radius 1 is 1.32 bits per heavy atom. The second-order valence-corrected chi connectivity index (χ2v) is 5.26. The first-order chi connectivity index (χ1) is 10.5. The summed E-state index contributed by atoms with van der Waals surface area (Å²) in [6.45, 7) is 4.78. The molecule has 0 bridgehead atoms. The molecule has 0 radical (unpaired) electrons. The first-order valence-electron chi connectivity index (χ1n) is 7.01. The zero-order valence-corrected chi connectivity index (χ0v) is 13.3. The monoisotopic (exact) mass is 319 g/mol. The normalized spacial score (nSPS) is 10.3. The molecule has 2 aromatic rings. The van der Waals surface area contributed by atoms with Crippen LogP contribution in [0.4, 0.5) is 5.69 Å². The highest BCUT2D eigenvalue weighted by Crippen LogP contribution is 2.25. The average Bonchev–Trinajstić information content (AvgIpc) is 2.48. The van der Waals surface area contributed by atoms with Crippen molar-refractivity contribution < 1.29 is 14.6 Å². The molecular weight excluding hydrogens is 302 g/mol. The van der Waals surface area contributed by atoms with Crippen molar-refractivity contribution in [2.24, 2.45) is 0 Å². The van der Waals surface area contributed by atoms with Gasteiger partial charge in [0.1, 0.15) is 5.75 Å². The molecule has 0 aliphatic rings. The highest BCUT2D eigenvalue weighted by atomic mass is 35.5. The molecule has 5 heteroatoms. The van der Waals surface area contributed by atoms with Gasteiger partial charge in [0.15, 0.2) is 0 Å². The van der Waals surface area contributed by atoms with E-state index in [1.54, 1.807) is 25.1 Å². The Labute approximate surface area is 134 Å². The predicted molar refractivity (Wildman–Crippen MR) is 88.1 cm³/mol. The topological polar surface area (TPSA) is 58.6 Å². The maximum absolute atomic E-state index is 11.2. The highest BCUT2D eigenvalue weighted by molar-refractivity contribution is 6.30. The third-order valence-corrected chi connectivity index (χ3v) is 3.59. The van der Waals surface area contributed by atoms with Gasteiger partial charge in [0, 0.05) is 22.8 Å². The summed E-state index contributed by atoms with van der Waals surface area (Å²) in [6.07, 6.45) is 0. The van der Waals surface area contributed by atoms with Gasteiger partial charge in [0.25, 0.3) is 0 Å². The quantitative estimate of drug-likeness (QED) is 0.830. The van der Waals surface area contributed by atoms with Crippen molar-refractivity contribution >= 4 is 23.3 Å². The summed E-state index contributed by atoms with van der Waals surface area (Å²) in [5.74, 6) is -0.162. The van der Waals surface area contributed by atoms with Gasteiger partial charge in [-0.1, -0.05) is 17.7 Å². The molecular formula is C17H18ClNO3. The lowest BCUT2D eigenvalue weighted by molar-refractivity contribution is 0.0696. The smallest absolute Gasteiger partial charge is 0.336 e. The van der Waals surface area contributed by atoms with Crippen LogP contribution in [0.2, 0.25) is 5.02 Å². The van der Waals surface area contributed by atoms with Crippen LogP contribution in [-0.4, -0.2) is 17.7 Å². The van der Waals surface area contributed by atoms with Crippen LogP contribution in [0, 0.1) is 6.92 Å². The zero-order valence-electron chi connectivity index (χ0n) is 12.5. The van der Waals surface area contributed by atoms with Gasteiger partial charge >= 0.3 is 5.97 Å². The van der Waals surface area contributed by atoms with Crippen LogP contribution >= 0.6 is 11.6 Å². The van der Waals surface area contributed by atoms with Crippen LogP contribution < -0.4 is 10.1 Å². The molecule has 0 heterocycles. The summed E-state index contributed by atoms with van der Waals surface area (Å²) in [5, 5.41) is 13.0. The number of anilines is 1. The largest absolute Gasteiger partial charge is 0.494 e. The Bertz CT molecular complexity index is 686. The average molecular weight is 320 g/mol. The number of carboxylic acids is 1. The summed E-state index contributed by atoms with van der Waals surface area (Å²) in [4.78, 5) is 11.2. The van der Waals surface area contributed by atoms with Crippen LogP contribution in [0.3, 0.4) is 0 Å². The minimum absolute atomic E-state index is 0.293. The minimum Gasteiger partial charge on any atom is -0.494 e. The van der Waals surface area contributed by atoms with Crippen LogP contribution in [0.15, 0.2) is 36.4 Å². The molecule has 2 aromatic carbocycles. The van der Waals surface area contributed by atoms with E-state index in [-0.39, 0.29) is 0 Å². The molecule has 2 N–H and O–H groups in total. The Morgan fingerprint density at radius 3 is 2.77 bits per heavy atom. The third kappa shape index (κ3) is 3.71. The van der Waals surface area contributed by atoms with Crippen molar-refractivity contribution in [2.75, 3.05) is 11.9 Å². The molecule has 0 spiro atoms. The van der Waals surface area contributed by atoms with Gasteiger partial charge in [0.2, 0.25) is 0 Å². The maximum Gasteiger partial charge on any atom is 0.336 e. The van der Waals surface area contributed by atoms with E-state index in [1.165, 1.54) is 0 Å². The predicted octanol–water partition coefficient (Wildman–Crippen LogP) is 4.36. The number of carboxylic acid groups (broad SMARTS) is 1. The van der Waals surface area contributed by atoms with Gasteiger partial charge < -0.3 is 15.2 Å².